The Hall–Kier alpha value is -1.86. The van der Waals surface area contributed by atoms with E-state index < -0.39 is 10.8 Å². The molecule has 1 aromatic rings. The number of hydrogen-bond acceptors (Lipinski definition) is 5. The number of carbonyl (C=O) groups excluding carboxylic acids is 1. The molecule has 0 unspecified atom stereocenters. The van der Waals surface area contributed by atoms with Crippen molar-refractivity contribution in [2.75, 3.05) is 32.5 Å². The van der Waals surface area contributed by atoms with Crippen LogP contribution in [-0.2, 0) is 0 Å². The summed E-state index contributed by atoms with van der Waals surface area (Å²) in [4.78, 5) is 23.5. The fourth-order valence-electron chi connectivity index (χ4n) is 1.71. The quantitative estimate of drug-likeness (QED) is 0.453. The van der Waals surface area contributed by atoms with Gasteiger partial charge in [-0.05, 0) is 33.1 Å². The van der Waals surface area contributed by atoms with E-state index in [9.17, 15) is 14.9 Å². The zero-order valence-electron chi connectivity index (χ0n) is 11.4. The van der Waals surface area contributed by atoms with Crippen molar-refractivity contribution in [2.45, 2.75) is 6.42 Å². The highest BCUT2D eigenvalue weighted by molar-refractivity contribution is 6.37. The van der Waals surface area contributed by atoms with Gasteiger partial charge in [0.2, 0.25) is 0 Å². The van der Waals surface area contributed by atoms with Crippen LogP contribution in [0.3, 0.4) is 0 Å². The summed E-state index contributed by atoms with van der Waals surface area (Å²) in [5, 5.41) is 13.9. The standard InChI is InChI=1S/C12H17ClN4O3/c1-16(2)7-3-6-15-8-4-5-9(17(19)20)10(11(8)13)12(14)18/h4-5,15H,3,6-7H2,1-2H3,(H2,14,18). The Bertz CT molecular complexity index is 520. The lowest BCUT2D eigenvalue weighted by Gasteiger charge is -2.12. The van der Waals surface area contributed by atoms with Gasteiger partial charge in [-0.2, -0.15) is 0 Å². The molecule has 1 rings (SSSR count). The average molecular weight is 301 g/mol. The third kappa shape index (κ3) is 4.07. The minimum absolute atomic E-state index is 0.0171. The van der Waals surface area contributed by atoms with Crippen molar-refractivity contribution in [1.82, 2.24) is 4.90 Å². The van der Waals surface area contributed by atoms with E-state index in [0.29, 0.717) is 12.2 Å². The van der Waals surface area contributed by atoms with Gasteiger partial charge in [0.25, 0.3) is 11.6 Å². The van der Waals surface area contributed by atoms with Crippen molar-refractivity contribution >= 4 is 28.9 Å². The average Bonchev–Trinajstić information content (AvgIpc) is 2.34. The van der Waals surface area contributed by atoms with Crippen molar-refractivity contribution in [3.8, 4) is 0 Å². The third-order valence-electron chi connectivity index (χ3n) is 2.66. The van der Waals surface area contributed by atoms with Gasteiger partial charge in [-0.15, -0.1) is 0 Å². The number of rotatable bonds is 7. The van der Waals surface area contributed by atoms with E-state index in [2.05, 4.69) is 5.32 Å². The van der Waals surface area contributed by atoms with Crippen molar-refractivity contribution in [2.24, 2.45) is 5.73 Å². The lowest BCUT2D eigenvalue weighted by Crippen LogP contribution is -2.17. The zero-order chi connectivity index (χ0) is 15.3. The molecule has 0 spiro atoms. The molecule has 0 bridgehead atoms. The summed E-state index contributed by atoms with van der Waals surface area (Å²) in [5.74, 6) is -0.918. The fraction of sp³-hybridized carbons (Fsp3) is 0.417. The van der Waals surface area contributed by atoms with Gasteiger partial charge in [-0.25, -0.2) is 0 Å². The summed E-state index contributed by atoms with van der Waals surface area (Å²) < 4.78 is 0. The molecule has 0 heterocycles. The number of carbonyl (C=O) groups is 1. The maximum Gasteiger partial charge on any atom is 0.283 e. The summed E-state index contributed by atoms with van der Waals surface area (Å²) in [6.07, 6.45) is 0.867. The second-order valence-corrected chi connectivity index (χ2v) is 4.90. The molecule has 3 N–H and O–H groups in total. The topological polar surface area (TPSA) is 102 Å². The molecule has 0 aliphatic carbocycles. The first-order valence-corrected chi connectivity index (χ1v) is 6.37. The number of amides is 1. The molecule has 0 saturated carbocycles. The van der Waals surface area contributed by atoms with Gasteiger partial charge in [-0.3, -0.25) is 14.9 Å². The predicted octanol–water partition coefficient (Wildman–Crippen LogP) is 1.71. The summed E-state index contributed by atoms with van der Waals surface area (Å²) in [6.45, 7) is 1.52. The smallest absolute Gasteiger partial charge is 0.283 e. The molecule has 1 aromatic carbocycles. The number of nitrogens with zero attached hydrogens (tertiary/aromatic N) is 2. The van der Waals surface area contributed by atoms with E-state index in [0.717, 1.165) is 13.0 Å². The molecule has 0 saturated heterocycles. The molecule has 0 radical (unpaired) electrons. The first-order valence-electron chi connectivity index (χ1n) is 6.00. The van der Waals surface area contributed by atoms with Crippen LogP contribution in [-0.4, -0.2) is 42.9 Å². The first-order chi connectivity index (χ1) is 9.34. The Labute approximate surface area is 121 Å². The highest BCUT2D eigenvalue weighted by Gasteiger charge is 2.23. The van der Waals surface area contributed by atoms with Crippen LogP contribution in [0.1, 0.15) is 16.8 Å². The van der Waals surface area contributed by atoms with Crippen molar-refractivity contribution in [3.63, 3.8) is 0 Å². The van der Waals surface area contributed by atoms with Gasteiger partial charge in [0.1, 0.15) is 5.56 Å². The van der Waals surface area contributed by atoms with E-state index in [1.165, 1.54) is 12.1 Å². The van der Waals surface area contributed by atoms with Crippen molar-refractivity contribution < 1.29 is 9.72 Å². The van der Waals surface area contributed by atoms with Gasteiger partial charge in [0, 0.05) is 12.6 Å². The molecule has 0 aromatic heterocycles. The second-order valence-electron chi connectivity index (χ2n) is 4.53. The normalized spacial score (nSPS) is 10.6. The Morgan fingerprint density at radius 1 is 1.50 bits per heavy atom. The van der Waals surface area contributed by atoms with E-state index in [1.807, 2.05) is 19.0 Å². The number of nitro benzene ring substituents is 1. The van der Waals surface area contributed by atoms with Crippen LogP contribution in [0, 0.1) is 10.1 Å². The number of benzene rings is 1. The van der Waals surface area contributed by atoms with Crippen molar-refractivity contribution in [3.05, 3.63) is 32.8 Å². The summed E-state index contributed by atoms with van der Waals surface area (Å²) in [7, 11) is 3.92. The number of halogens is 1. The van der Waals surface area contributed by atoms with E-state index in [4.69, 9.17) is 17.3 Å². The van der Waals surface area contributed by atoms with Crippen LogP contribution in [0.2, 0.25) is 5.02 Å². The number of nitrogens with one attached hydrogen (secondary N) is 1. The highest BCUT2D eigenvalue weighted by atomic mass is 35.5. The predicted molar refractivity (Wildman–Crippen MR) is 78.3 cm³/mol. The van der Waals surface area contributed by atoms with Gasteiger partial charge in [0.05, 0.1) is 15.6 Å². The number of anilines is 1. The number of nitro groups is 1. The molecule has 0 aliphatic rings. The number of hydrogen-bond donors (Lipinski definition) is 2. The molecular weight excluding hydrogens is 284 g/mol. The van der Waals surface area contributed by atoms with Crippen LogP contribution < -0.4 is 11.1 Å². The summed E-state index contributed by atoms with van der Waals surface area (Å²) in [5.41, 5.74) is 4.96. The van der Waals surface area contributed by atoms with Crippen molar-refractivity contribution in [1.29, 1.82) is 0 Å². The number of nitrogens with two attached hydrogens (primary N) is 1. The zero-order valence-corrected chi connectivity index (χ0v) is 12.1. The first kappa shape index (κ1) is 16.2. The molecule has 20 heavy (non-hydrogen) atoms. The van der Waals surface area contributed by atoms with Crippen LogP contribution in [0.25, 0.3) is 0 Å². The Morgan fingerprint density at radius 2 is 2.15 bits per heavy atom. The second kappa shape index (κ2) is 7.06. The Morgan fingerprint density at radius 3 is 2.65 bits per heavy atom. The van der Waals surface area contributed by atoms with Crippen LogP contribution >= 0.6 is 11.6 Å². The van der Waals surface area contributed by atoms with E-state index in [-0.39, 0.29) is 16.3 Å². The fourth-order valence-corrected chi connectivity index (χ4v) is 2.03. The molecule has 0 atom stereocenters. The Balaban J connectivity index is 2.91. The van der Waals surface area contributed by atoms with Crippen LogP contribution in [0.4, 0.5) is 11.4 Å². The lowest BCUT2D eigenvalue weighted by molar-refractivity contribution is -0.385. The molecule has 7 nitrogen and oxygen atoms in total. The molecular formula is C12H17ClN4O3. The van der Waals surface area contributed by atoms with Gasteiger partial charge in [-0.1, -0.05) is 11.6 Å². The minimum Gasteiger partial charge on any atom is -0.384 e. The lowest BCUT2D eigenvalue weighted by atomic mass is 10.1. The summed E-state index contributed by atoms with van der Waals surface area (Å²) >= 11 is 6.02. The largest absolute Gasteiger partial charge is 0.384 e. The van der Waals surface area contributed by atoms with Gasteiger partial charge >= 0.3 is 0 Å². The number of primary amides is 1. The Kier molecular flexibility index (Phi) is 5.72. The molecule has 8 heteroatoms. The van der Waals surface area contributed by atoms with Crippen LogP contribution in [0.5, 0.6) is 0 Å². The maximum atomic E-state index is 11.3. The maximum absolute atomic E-state index is 11.3. The highest BCUT2D eigenvalue weighted by Crippen LogP contribution is 2.32. The minimum atomic E-state index is -0.918. The molecule has 110 valence electrons. The third-order valence-corrected chi connectivity index (χ3v) is 3.05. The monoisotopic (exact) mass is 300 g/mol. The van der Waals surface area contributed by atoms with Gasteiger partial charge in [0.15, 0.2) is 0 Å². The van der Waals surface area contributed by atoms with E-state index >= 15 is 0 Å². The van der Waals surface area contributed by atoms with Gasteiger partial charge < -0.3 is 16.0 Å². The van der Waals surface area contributed by atoms with E-state index in [1.54, 1.807) is 0 Å². The SMILES string of the molecule is CN(C)CCCNc1ccc([N+](=O)[O-])c(C(N)=O)c1Cl. The molecule has 0 aliphatic heterocycles. The van der Waals surface area contributed by atoms with Crippen LogP contribution in [0.15, 0.2) is 12.1 Å². The molecule has 1 amide bonds. The molecule has 0 fully saturated rings. The summed E-state index contributed by atoms with van der Waals surface area (Å²) in [6, 6.07) is 2.70.